The van der Waals surface area contributed by atoms with Gasteiger partial charge in [0.2, 0.25) is 0 Å². The Morgan fingerprint density at radius 3 is 2.38 bits per heavy atom. The molecule has 0 fully saturated rings. The number of alkyl halides is 2. The van der Waals surface area contributed by atoms with Crippen LogP contribution in [-0.2, 0) is 9.84 Å². The van der Waals surface area contributed by atoms with Gasteiger partial charge in [0, 0.05) is 0 Å². The minimum absolute atomic E-state index is 0.145. The second-order valence-corrected chi connectivity index (χ2v) is 7.45. The summed E-state index contributed by atoms with van der Waals surface area (Å²) in [5.41, 5.74) is 0.837. The molecule has 0 saturated heterocycles. The van der Waals surface area contributed by atoms with Gasteiger partial charge < -0.3 is 0 Å². The quantitative estimate of drug-likeness (QED) is 0.687. The first-order valence-corrected chi connectivity index (χ1v) is 7.04. The topological polar surface area (TPSA) is 34.1 Å². The Morgan fingerprint density at radius 1 is 1.15 bits per heavy atom. The van der Waals surface area contributed by atoms with Crippen molar-refractivity contribution in [2.24, 2.45) is 0 Å². The predicted octanol–water partition coefficient (Wildman–Crippen LogP) is 2.63. The molecule has 13 heavy (non-hydrogen) atoms. The summed E-state index contributed by atoms with van der Waals surface area (Å²) in [6.07, 6.45) is 0. The normalized spacial score (nSPS) is 30.0. The van der Waals surface area contributed by atoms with E-state index >= 15 is 0 Å². The Labute approximate surface area is 93.5 Å². The highest BCUT2D eigenvalue weighted by atomic mass is 79.9. The van der Waals surface area contributed by atoms with E-state index in [9.17, 15) is 8.42 Å². The Bertz CT molecular complexity index is 441. The molecule has 1 heterocycles. The van der Waals surface area contributed by atoms with Gasteiger partial charge in [-0.1, -0.05) is 50.1 Å². The number of hydrogen-bond acceptors (Lipinski definition) is 2. The second kappa shape index (κ2) is 3.07. The number of hydrogen-bond donors (Lipinski definition) is 0. The van der Waals surface area contributed by atoms with Gasteiger partial charge in [-0.25, -0.2) is 8.42 Å². The smallest absolute Gasteiger partial charge is 0.192 e. The van der Waals surface area contributed by atoms with E-state index in [1.807, 2.05) is 12.1 Å². The number of rotatable bonds is 0. The minimum Gasteiger partial charge on any atom is -0.222 e. The number of sulfone groups is 1. The third kappa shape index (κ3) is 1.28. The highest BCUT2D eigenvalue weighted by molar-refractivity contribution is 9.13. The van der Waals surface area contributed by atoms with Gasteiger partial charge in [0.05, 0.1) is 9.72 Å². The lowest BCUT2D eigenvalue weighted by Crippen LogP contribution is -2.09. The maximum absolute atomic E-state index is 11.7. The molecule has 2 nitrogen and oxygen atoms in total. The van der Waals surface area contributed by atoms with E-state index in [1.165, 1.54) is 0 Å². The fourth-order valence-electron chi connectivity index (χ4n) is 1.39. The van der Waals surface area contributed by atoms with Crippen molar-refractivity contribution < 1.29 is 8.42 Å². The molecule has 0 spiro atoms. The summed E-state index contributed by atoms with van der Waals surface area (Å²) in [6.45, 7) is 0. The highest BCUT2D eigenvalue weighted by Gasteiger charge is 2.41. The molecule has 0 amide bonds. The van der Waals surface area contributed by atoms with Crippen LogP contribution < -0.4 is 0 Å². The van der Waals surface area contributed by atoms with E-state index in [0.29, 0.717) is 4.90 Å². The standard InChI is InChI=1S/C8H6Br2O2S/c9-7-5-3-1-2-4-6(5)13(11,12)8(7)10/h1-4,7-8H/t7-,8-/m1/s1. The van der Waals surface area contributed by atoms with Gasteiger partial charge in [0.25, 0.3) is 0 Å². The SMILES string of the molecule is O=S1(=O)c2ccccc2[C@@H](Br)[C@@H]1Br. The van der Waals surface area contributed by atoms with Crippen LogP contribution in [0.2, 0.25) is 0 Å². The zero-order valence-electron chi connectivity index (χ0n) is 6.44. The lowest BCUT2D eigenvalue weighted by molar-refractivity contribution is 0.598. The molecule has 0 radical (unpaired) electrons. The lowest BCUT2D eigenvalue weighted by atomic mass is 10.2. The van der Waals surface area contributed by atoms with Gasteiger partial charge in [0.15, 0.2) is 9.84 Å². The summed E-state index contributed by atoms with van der Waals surface area (Å²) in [5.74, 6) is 0. The van der Waals surface area contributed by atoms with Crippen molar-refractivity contribution in [3.05, 3.63) is 29.8 Å². The van der Waals surface area contributed by atoms with Crippen molar-refractivity contribution in [2.45, 2.75) is 13.9 Å². The van der Waals surface area contributed by atoms with Crippen LogP contribution in [-0.4, -0.2) is 12.6 Å². The molecule has 1 aliphatic heterocycles. The molecule has 1 aliphatic rings. The molecule has 0 bridgehead atoms. The first-order valence-electron chi connectivity index (χ1n) is 3.66. The zero-order chi connectivity index (χ0) is 9.64. The van der Waals surface area contributed by atoms with Crippen LogP contribution in [0.1, 0.15) is 10.4 Å². The Hall–Kier alpha value is 0.130. The van der Waals surface area contributed by atoms with E-state index < -0.39 is 14.0 Å². The van der Waals surface area contributed by atoms with E-state index in [2.05, 4.69) is 31.9 Å². The molecule has 1 aromatic rings. The highest BCUT2D eigenvalue weighted by Crippen LogP contribution is 2.46. The van der Waals surface area contributed by atoms with Crippen molar-refractivity contribution in [1.29, 1.82) is 0 Å². The molecule has 5 heteroatoms. The van der Waals surface area contributed by atoms with Crippen LogP contribution in [0.25, 0.3) is 0 Å². The summed E-state index contributed by atoms with van der Waals surface area (Å²) >= 11 is 6.52. The Kier molecular flexibility index (Phi) is 2.28. The first-order chi connectivity index (χ1) is 6.05. The summed E-state index contributed by atoms with van der Waals surface area (Å²) in [4.78, 5) is 0.285. The van der Waals surface area contributed by atoms with Crippen molar-refractivity contribution in [1.82, 2.24) is 0 Å². The fraction of sp³-hybridized carbons (Fsp3) is 0.250. The Balaban J connectivity index is 2.76. The molecule has 0 aliphatic carbocycles. The van der Waals surface area contributed by atoms with Gasteiger partial charge in [-0.3, -0.25) is 0 Å². The minimum atomic E-state index is -3.16. The monoisotopic (exact) mass is 324 g/mol. The fourth-order valence-corrected chi connectivity index (χ4v) is 5.17. The molecular formula is C8H6Br2O2S. The summed E-state index contributed by atoms with van der Waals surface area (Å²) in [5, 5.41) is 0. The number of halogens is 2. The maximum atomic E-state index is 11.7. The number of fused-ring (bicyclic) bond motifs is 1. The third-order valence-corrected chi connectivity index (χ3v) is 7.99. The predicted molar refractivity (Wildman–Crippen MR) is 58.0 cm³/mol. The van der Waals surface area contributed by atoms with Crippen LogP contribution >= 0.6 is 31.9 Å². The second-order valence-electron chi connectivity index (χ2n) is 2.84. The van der Waals surface area contributed by atoms with Crippen molar-refractivity contribution >= 4 is 41.7 Å². The average Bonchev–Trinajstić information content (AvgIpc) is 2.30. The number of benzene rings is 1. The zero-order valence-corrected chi connectivity index (χ0v) is 10.4. The van der Waals surface area contributed by atoms with Gasteiger partial charge in [-0.05, 0) is 11.6 Å². The van der Waals surface area contributed by atoms with Gasteiger partial charge in [0.1, 0.15) is 4.16 Å². The van der Waals surface area contributed by atoms with Crippen molar-refractivity contribution in [3.63, 3.8) is 0 Å². The van der Waals surface area contributed by atoms with Crippen LogP contribution in [0, 0.1) is 0 Å². The van der Waals surface area contributed by atoms with Gasteiger partial charge in [-0.2, -0.15) is 0 Å². The van der Waals surface area contributed by atoms with Crippen molar-refractivity contribution in [3.8, 4) is 0 Å². The van der Waals surface area contributed by atoms with Crippen LogP contribution in [0.4, 0.5) is 0 Å². The molecule has 0 unspecified atom stereocenters. The first kappa shape index (κ1) is 9.68. The van der Waals surface area contributed by atoms with Crippen LogP contribution in [0.3, 0.4) is 0 Å². The van der Waals surface area contributed by atoms with E-state index in [1.54, 1.807) is 12.1 Å². The van der Waals surface area contributed by atoms with Gasteiger partial charge >= 0.3 is 0 Å². The van der Waals surface area contributed by atoms with E-state index in [0.717, 1.165) is 5.56 Å². The molecule has 2 atom stereocenters. The Morgan fingerprint density at radius 2 is 1.77 bits per heavy atom. The van der Waals surface area contributed by atoms with Gasteiger partial charge in [-0.15, -0.1) is 0 Å². The molecule has 1 aromatic carbocycles. The lowest BCUT2D eigenvalue weighted by Gasteiger charge is -2.03. The van der Waals surface area contributed by atoms with E-state index in [-0.39, 0.29) is 4.83 Å². The molecule has 2 rings (SSSR count). The molecule has 0 aromatic heterocycles. The molecular weight excluding hydrogens is 320 g/mol. The maximum Gasteiger partial charge on any atom is 0.192 e. The van der Waals surface area contributed by atoms with E-state index in [4.69, 9.17) is 0 Å². The van der Waals surface area contributed by atoms with Crippen LogP contribution in [0.15, 0.2) is 29.2 Å². The van der Waals surface area contributed by atoms with Crippen molar-refractivity contribution in [2.75, 3.05) is 0 Å². The molecule has 70 valence electrons. The largest absolute Gasteiger partial charge is 0.222 e. The molecule has 0 saturated carbocycles. The summed E-state index contributed by atoms with van der Waals surface area (Å²) in [7, 11) is -3.16. The summed E-state index contributed by atoms with van der Waals surface area (Å²) < 4.78 is 22.9. The molecule has 0 N–H and O–H groups in total. The summed E-state index contributed by atoms with van der Waals surface area (Å²) in [6, 6.07) is 7.04. The average molecular weight is 326 g/mol. The third-order valence-electron chi connectivity index (χ3n) is 2.05. The van der Waals surface area contributed by atoms with Crippen LogP contribution in [0.5, 0.6) is 0 Å².